The number of nitrogens with zero attached hydrogens (tertiary/aromatic N) is 1. The minimum Gasteiger partial charge on any atom is -0.394 e. The Balaban J connectivity index is 3.43. The molecule has 0 amide bonds. The van der Waals surface area contributed by atoms with E-state index in [1.54, 1.807) is 12.3 Å². The van der Waals surface area contributed by atoms with Gasteiger partial charge in [0.05, 0.1) is 12.6 Å². The molecule has 0 aromatic carbocycles. The fraction of sp³-hybridized carbons (Fsp3) is 0.500. The smallest absolute Gasteiger partial charge is 0.176 e. The van der Waals surface area contributed by atoms with Crippen molar-refractivity contribution >= 4 is 0 Å². The lowest BCUT2D eigenvalue weighted by molar-refractivity contribution is 0.254. The second-order valence-corrected chi connectivity index (χ2v) is 1.66. The van der Waals surface area contributed by atoms with E-state index in [4.69, 9.17) is 10.4 Å². The van der Waals surface area contributed by atoms with Crippen LogP contribution in [0.5, 0.6) is 0 Å². The van der Waals surface area contributed by atoms with Crippen molar-refractivity contribution in [3.63, 3.8) is 0 Å². The number of rotatable bonds is 4. The molecule has 50 valence electrons. The molecule has 0 aliphatic heterocycles. The lowest BCUT2D eigenvalue weighted by Gasteiger charge is -2.06. The number of nitrogens with one attached hydrogen (secondary N) is 1. The summed E-state index contributed by atoms with van der Waals surface area (Å²) < 4.78 is 0. The van der Waals surface area contributed by atoms with Crippen LogP contribution in [-0.2, 0) is 0 Å². The molecule has 0 saturated carbocycles. The lowest BCUT2D eigenvalue weighted by atomic mass is 10.2. The molecule has 0 bridgehead atoms. The summed E-state index contributed by atoms with van der Waals surface area (Å²) in [5.74, 6) is 0. The van der Waals surface area contributed by atoms with Crippen molar-refractivity contribution in [1.82, 2.24) is 5.32 Å². The summed E-state index contributed by atoms with van der Waals surface area (Å²) in [5.41, 5.74) is 0. The summed E-state index contributed by atoms with van der Waals surface area (Å²) in [5, 5.41) is 19.0. The Bertz CT molecular complexity index is 117. The fourth-order valence-electron chi connectivity index (χ4n) is 0.472. The second kappa shape index (κ2) is 5.13. The Morgan fingerprint density at radius 2 is 2.56 bits per heavy atom. The molecule has 9 heavy (non-hydrogen) atoms. The average Bonchev–Trinajstić information content (AvgIpc) is 1.88. The van der Waals surface area contributed by atoms with Gasteiger partial charge in [0.2, 0.25) is 0 Å². The van der Waals surface area contributed by atoms with Crippen LogP contribution < -0.4 is 5.32 Å². The number of aliphatic hydroxyl groups excluding tert-OH is 1. The molecule has 0 fully saturated rings. The van der Waals surface area contributed by atoms with E-state index < -0.39 is 0 Å². The second-order valence-electron chi connectivity index (χ2n) is 1.66. The molecule has 0 radical (unpaired) electrons. The zero-order valence-corrected chi connectivity index (χ0v) is 5.17. The van der Waals surface area contributed by atoms with E-state index in [-0.39, 0.29) is 12.6 Å². The predicted octanol–water partition coefficient (Wildman–Crippen LogP) is -0.00592. The summed E-state index contributed by atoms with van der Waals surface area (Å²) in [6, 6.07) is -0.160. The third-order valence-corrected chi connectivity index (χ3v) is 0.940. The van der Waals surface area contributed by atoms with Crippen molar-refractivity contribution in [2.45, 2.75) is 12.5 Å². The summed E-state index contributed by atoms with van der Waals surface area (Å²) in [4.78, 5) is 0. The number of hydrogen-bond donors (Lipinski definition) is 2. The van der Waals surface area contributed by atoms with Crippen LogP contribution in [-0.4, -0.2) is 17.8 Å². The van der Waals surface area contributed by atoms with Gasteiger partial charge in [-0.1, -0.05) is 6.08 Å². The van der Waals surface area contributed by atoms with Crippen LogP contribution in [0.2, 0.25) is 0 Å². The Labute approximate surface area is 54.6 Å². The SMILES string of the molecule is C=CCC(CO)NC#N. The topological polar surface area (TPSA) is 56.0 Å². The van der Waals surface area contributed by atoms with Crippen LogP contribution >= 0.6 is 0 Å². The van der Waals surface area contributed by atoms with E-state index >= 15 is 0 Å². The Morgan fingerprint density at radius 3 is 2.89 bits per heavy atom. The zero-order chi connectivity index (χ0) is 7.11. The van der Waals surface area contributed by atoms with Gasteiger partial charge in [0.1, 0.15) is 0 Å². The molecule has 0 aromatic heterocycles. The van der Waals surface area contributed by atoms with Crippen molar-refractivity contribution in [2.75, 3.05) is 6.61 Å². The first-order valence-corrected chi connectivity index (χ1v) is 2.71. The highest BCUT2D eigenvalue weighted by atomic mass is 16.3. The molecular formula is C6H10N2O. The molecule has 0 spiro atoms. The van der Waals surface area contributed by atoms with Crippen molar-refractivity contribution in [1.29, 1.82) is 5.26 Å². The minimum absolute atomic E-state index is 0.0282. The van der Waals surface area contributed by atoms with Gasteiger partial charge in [-0.25, -0.2) is 0 Å². The third kappa shape index (κ3) is 3.56. The van der Waals surface area contributed by atoms with Gasteiger partial charge in [-0.3, -0.25) is 0 Å². The van der Waals surface area contributed by atoms with Crippen molar-refractivity contribution in [3.05, 3.63) is 12.7 Å². The first-order chi connectivity index (χ1) is 4.35. The highest BCUT2D eigenvalue weighted by Crippen LogP contribution is 1.88. The van der Waals surface area contributed by atoms with E-state index in [0.29, 0.717) is 6.42 Å². The largest absolute Gasteiger partial charge is 0.394 e. The van der Waals surface area contributed by atoms with Crippen molar-refractivity contribution in [2.24, 2.45) is 0 Å². The van der Waals surface area contributed by atoms with E-state index in [1.807, 2.05) is 0 Å². The molecule has 0 aliphatic carbocycles. The standard InChI is InChI=1S/C6H10N2O/c1-2-3-6(4-9)8-5-7/h2,6,8-9H,1,3-4H2. The van der Waals surface area contributed by atoms with E-state index in [1.165, 1.54) is 0 Å². The van der Waals surface area contributed by atoms with Gasteiger partial charge in [-0.15, -0.1) is 6.58 Å². The normalized spacial score (nSPS) is 11.6. The number of hydrogen-bond acceptors (Lipinski definition) is 3. The van der Waals surface area contributed by atoms with E-state index in [9.17, 15) is 0 Å². The summed E-state index contributed by atoms with van der Waals surface area (Å²) in [7, 11) is 0. The van der Waals surface area contributed by atoms with Crippen LogP contribution in [0.25, 0.3) is 0 Å². The summed E-state index contributed by atoms with van der Waals surface area (Å²) in [6.07, 6.45) is 4.02. The molecule has 0 rings (SSSR count). The first-order valence-electron chi connectivity index (χ1n) is 2.71. The Morgan fingerprint density at radius 1 is 1.89 bits per heavy atom. The van der Waals surface area contributed by atoms with Crippen LogP contribution in [0, 0.1) is 11.5 Å². The highest BCUT2D eigenvalue weighted by molar-refractivity contribution is 4.82. The molecule has 2 N–H and O–H groups in total. The Hall–Kier alpha value is -1.01. The molecule has 0 aliphatic rings. The first kappa shape index (κ1) is 7.99. The molecule has 0 heterocycles. The number of aliphatic hydroxyl groups is 1. The van der Waals surface area contributed by atoms with Crippen LogP contribution in [0.15, 0.2) is 12.7 Å². The maximum atomic E-state index is 8.53. The average molecular weight is 126 g/mol. The zero-order valence-electron chi connectivity index (χ0n) is 5.17. The summed E-state index contributed by atoms with van der Waals surface area (Å²) >= 11 is 0. The predicted molar refractivity (Wildman–Crippen MR) is 34.4 cm³/mol. The minimum atomic E-state index is -0.160. The van der Waals surface area contributed by atoms with Gasteiger partial charge in [-0.05, 0) is 6.42 Å². The molecule has 1 unspecified atom stereocenters. The van der Waals surface area contributed by atoms with Gasteiger partial charge in [0.15, 0.2) is 6.19 Å². The van der Waals surface area contributed by atoms with Crippen LogP contribution in [0.3, 0.4) is 0 Å². The number of nitriles is 1. The van der Waals surface area contributed by atoms with E-state index in [0.717, 1.165) is 0 Å². The molecule has 1 atom stereocenters. The monoisotopic (exact) mass is 126 g/mol. The molecule has 3 heteroatoms. The molecule has 0 aromatic rings. The third-order valence-electron chi connectivity index (χ3n) is 0.940. The molecular weight excluding hydrogens is 116 g/mol. The van der Waals surface area contributed by atoms with E-state index in [2.05, 4.69) is 11.9 Å². The lowest BCUT2D eigenvalue weighted by Crippen LogP contribution is -2.27. The van der Waals surface area contributed by atoms with Gasteiger partial charge < -0.3 is 10.4 Å². The quantitative estimate of drug-likeness (QED) is 0.316. The van der Waals surface area contributed by atoms with Crippen molar-refractivity contribution < 1.29 is 5.11 Å². The fourth-order valence-corrected chi connectivity index (χ4v) is 0.472. The van der Waals surface area contributed by atoms with Gasteiger partial charge in [0.25, 0.3) is 0 Å². The maximum absolute atomic E-state index is 8.53. The van der Waals surface area contributed by atoms with Gasteiger partial charge in [-0.2, -0.15) is 5.26 Å². The van der Waals surface area contributed by atoms with Gasteiger partial charge >= 0.3 is 0 Å². The van der Waals surface area contributed by atoms with Gasteiger partial charge in [0, 0.05) is 0 Å². The van der Waals surface area contributed by atoms with Crippen LogP contribution in [0.4, 0.5) is 0 Å². The summed E-state index contributed by atoms with van der Waals surface area (Å²) in [6.45, 7) is 3.44. The highest BCUT2D eigenvalue weighted by Gasteiger charge is 2.00. The molecule has 3 nitrogen and oxygen atoms in total. The maximum Gasteiger partial charge on any atom is 0.176 e. The Kier molecular flexibility index (Phi) is 4.56. The van der Waals surface area contributed by atoms with Crippen molar-refractivity contribution in [3.8, 4) is 6.19 Å². The molecule has 0 saturated heterocycles. The van der Waals surface area contributed by atoms with Crippen LogP contribution in [0.1, 0.15) is 6.42 Å².